The van der Waals surface area contributed by atoms with Crippen LogP contribution in [0.5, 0.6) is 0 Å². The summed E-state index contributed by atoms with van der Waals surface area (Å²) in [6.45, 7) is 13.4. The first kappa shape index (κ1) is 11.3. The average molecular weight is 190 g/mol. The van der Waals surface area contributed by atoms with E-state index in [2.05, 4.69) is 53.7 Å². The van der Waals surface area contributed by atoms with Crippen LogP contribution in [0.25, 0.3) is 0 Å². The molecule has 0 aromatic heterocycles. The molecule has 14 heavy (non-hydrogen) atoms. The maximum atomic E-state index is 2.36. The molecule has 78 valence electrons. The quantitative estimate of drug-likeness (QED) is 0.565. The molecule has 0 heteroatoms. The van der Waals surface area contributed by atoms with E-state index >= 15 is 0 Å². The lowest BCUT2D eigenvalue weighted by atomic mass is 9.87. The minimum atomic E-state index is 0.275. The second-order valence-corrected chi connectivity index (χ2v) is 5.29. The van der Waals surface area contributed by atoms with Gasteiger partial charge in [0.15, 0.2) is 0 Å². The Labute approximate surface area is 88.4 Å². The van der Waals surface area contributed by atoms with E-state index in [4.69, 9.17) is 0 Å². The summed E-state index contributed by atoms with van der Waals surface area (Å²) >= 11 is 0. The molecule has 0 spiro atoms. The van der Waals surface area contributed by atoms with E-state index in [9.17, 15) is 0 Å². The van der Waals surface area contributed by atoms with Crippen molar-refractivity contribution in [3.8, 4) is 0 Å². The Morgan fingerprint density at radius 2 is 1.71 bits per heavy atom. The van der Waals surface area contributed by atoms with Gasteiger partial charge >= 0.3 is 0 Å². The second-order valence-electron chi connectivity index (χ2n) is 5.29. The van der Waals surface area contributed by atoms with Gasteiger partial charge in [0, 0.05) is 0 Å². The molecule has 1 aliphatic carbocycles. The predicted molar refractivity (Wildman–Crippen MR) is 64.3 cm³/mol. The van der Waals surface area contributed by atoms with Gasteiger partial charge in [0.2, 0.25) is 0 Å². The average Bonchev–Trinajstić information content (AvgIpc) is 2.45. The summed E-state index contributed by atoms with van der Waals surface area (Å²) < 4.78 is 0. The van der Waals surface area contributed by atoms with Gasteiger partial charge in [-0.15, -0.1) is 0 Å². The van der Waals surface area contributed by atoms with E-state index in [1.165, 1.54) is 22.3 Å². The highest BCUT2D eigenvalue weighted by Crippen LogP contribution is 2.37. The van der Waals surface area contributed by atoms with Crippen molar-refractivity contribution in [3.05, 3.63) is 34.4 Å². The van der Waals surface area contributed by atoms with Crippen LogP contribution in [0.3, 0.4) is 0 Å². The van der Waals surface area contributed by atoms with Gasteiger partial charge in [0.25, 0.3) is 0 Å². The molecular weight excluding hydrogens is 168 g/mol. The summed E-state index contributed by atoms with van der Waals surface area (Å²) in [4.78, 5) is 0. The first-order chi connectivity index (χ1) is 6.36. The van der Waals surface area contributed by atoms with E-state index in [-0.39, 0.29) is 5.41 Å². The van der Waals surface area contributed by atoms with Crippen LogP contribution in [0, 0.1) is 5.41 Å². The SMILES string of the molecule is CCC1=CC(C(C)(C)C)=CC1=C(C)C. The van der Waals surface area contributed by atoms with E-state index in [0.717, 1.165) is 6.42 Å². The zero-order chi connectivity index (χ0) is 10.9. The Morgan fingerprint density at radius 3 is 2.00 bits per heavy atom. The summed E-state index contributed by atoms with van der Waals surface area (Å²) in [6, 6.07) is 0. The Balaban J connectivity index is 3.13. The van der Waals surface area contributed by atoms with Crippen molar-refractivity contribution >= 4 is 0 Å². The van der Waals surface area contributed by atoms with Crippen molar-refractivity contribution in [1.29, 1.82) is 0 Å². The lowest BCUT2D eigenvalue weighted by Gasteiger charge is -2.18. The molecule has 0 radical (unpaired) electrons. The predicted octanol–water partition coefficient (Wildman–Crippen LogP) is 4.65. The Morgan fingerprint density at radius 1 is 1.14 bits per heavy atom. The Kier molecular flexibility index (Phi) is 3.04. The molecule has 0 saturated heterocycles. The molecule has 0 bridgehead atoms. The third-order valence-electron chi connectivity index (χ3n) is 2.76. The topological polar surface area (TPSA) is 0 Å². The van der Waals surface area contributed by atoms with Crippen molar-refractivity contribution in [2.45, 2.75) is 48.0 Å². The smallest absolute Gasteiger partial charge is 0.0132 e. The molecule has 1 rings (SSSR count). The highest BCUT2D eigenvalue weighted by molar-refractivity contribution is 5.55. The van der Waals surface area contributed by atoms with Crippen molar-refractivity contribution in [1.82, 2.24) is 0 Å². The van der Waals surface area contributed by atoms with Crippen LogP contribution in [0.15, 0.2) is 34.4 Å². The molecule has 1 aliphatic rings. The van der Waals surface area contributed by atoms with Crippen LogP contribution in [-0.4, -0.2) is 0 Å². The standard InChI is InChI=1S/C14H22/c1-7-11-8-12(14(4,5)6)9-13(11)10(2)3/h8-9H,7H2,1-6H3. The number of allylic oxidation sites excluding steroid dienone is 6. The first-order valence-corrected chi connectivity index (χ1v) is 5.47. The molecule has 0 saturated carbocycles. The van der Waals surface area contributed by atoms with E-state index in [1.54, 1.807) is 0 Å². The maximum Gasteiger partial charge on any atom is -0.0132 e. The number of hydrogen-bond acceptors (Lipinski definition) is 0. The van der Waals surface area contributed by atoms with E-state index in [0.29, 0.717) is 0 Å². The van der Waals surface area contributed by atoms with E-state index < -0.39 is 0 Å². The fourth-order valence-electron chi connectivity index (χ4n) is 1.75. The van der Waals surface area contributed by atoms with Crippen molar-refractivity contribution < 1.29 is 0 Å². The van der Waals surface area contributed by atoms with Crippen LogP contribution < -0.4 is 0 Å². The Hall–Kier alpha value is -0.780. The summed E-state index contributed by atoms with van der Waals surface area (Å²) in [6.07, 6.45) is 5.85. The number of hydrogen-bond donors (Lipinski definition) is 0. The maximum absolute atomic E-state index is 2.36. The molecule has 0 atom stereocenters. The van der Waals surface area contributed by atoms with Crippen LogP contribution in [0.1, 0.15) is 48.0 Å². The monoisotopic (exact) mass is 190 g/mol. The van der Waals surface area contributed by atoms with Crippen molar-refractivity contribution in [3.63, 3.8) is 0 Å². The highest BCUT2D eigenvalue weighted by Gasteiger charge is 2.21. The molecule has 0 unspecified atom stereocenters. The normalized spacial score (nSPS) is 16.9. The highest BCUT2D eigenvalue weighted by atomic mass is 14.3. The van der Waals surface area contributed by atoms with Gasteiger partial charge in [0.1, 0.15) is 0 Å². The molecule has 0 aromatic rings. The number of rotatable bonds is 1. The van der Waals surface area contributed by atoms with Crippen LogP contribution in [0.2, 0.25) is 0 Å². The molecule has 0 N–H and O–H groups in total. The van der Waals surface area contributed by atoms with Gasteiger partial charge in [0.05, 0.1) is 0 Å². The molecule has 0 amide bonds. The molecule has 0 aliphatic heterocycles. The van der Waals surface area contributed by atoms with Gasteiger partial charge in [-0.2, -0.15) is 0 Å². The van der Waals surface area contributed by atoms with Crippen LogP contribution in [0.4, 0.5) is 0 Å². The molecular formula is C14H22. The van der Waals surface area contributed by atoms with Gasteiger partial charge in [-0.1, -0.05) is 45.4 Å². The minimum absolute atomic E-state index is 0.275. The Bertz CT molecular complexity index is 312. The lowest BCUT2D eigenvalue weighted by Crippen LogP contribution is -2.05. The molecule has 0 heterocycles. The fraction of sp³-hybridized carbons (Fsp3) is 0.571. The van der Waals surface area contributed by atoms with Crippen molar-refractivity contribution in [2.24, 2.45) is 5.41 Å². The minimum Gasteiger partial charge on any atom is -0.0689 e. The van der Waals surface area contributed by atoms with Gasteiger partial charge in [-0.3, -0.25) is 0 Å². The summed E-state index contributed by atoms with van der Waals surface area (Å²) in [5.74, 6) is 0. The summed E-state index contributed by atoms with van der Waals surface area (Å²) in [5, 5.41) is 0. The van der Waals surface area contributed by atoms with Gasteiger partial charge in [-0.25, -0.2) is 0 Å². The molecule has 0 nitrogen and oxygen atoms in total. The first-order valence-electron chi connectivity index (χ1n) is 5.47. The van der Waals surface area contributed by atoms with Gasteiger partial charge < -0.3 is 0 Å². The summed E-state index contributed by atoms with van der Waals surface area (Å²) in [5.41, 5.74) is 6.12. The van der Waals surface area contributed by atoms with Crippen LogP contribution >= 0.6 is 0 Å². The van der Waals surface area contributed by atoms with E-state index in [1.807, 2.05) is 0 Å². The zero-order valence-electron chi connectivity index (χ0n) is 10.4. The van der Waals surface area contributed by atoms with Crippen molar-refractivity contribution in [2.75, 3.05) is 0 Å². The third-order valence-corrected chi connectivity index (χ3v) is 2.76. The third kappa shape index (κ3) is 2.17. The van der Waals surface area contributed by atoms with Crippen LogP contribution in [-0.2, 0) is 0 Å². The summed E-state index contributed by atoms with van der Waals surface area (Å²) in [7, 11) is 0. The fourth-order valence-corrected chi connectivity index (χ4v) is 1.75. The largest absolute Gasteiger partial charge is 0.0689 e. The molecule has 0 fully saturated rings. The van der Waals surface area contributed by atoms with Gasteiger partial charge in [-0.05, 0) is 42.4 Å². The lowest BCUT2D eigenvalue weighted by molar-refractivity contribution is 0.518. The molecule has 0 aromatic carbocycles. The zero-order valence-corrected chi connectivity index (χ0v) is 10.4. The second kappa shape index (κ2) is 3.76.